The molecule has 4 rings (SSSR count). The number of primary amides is 1. The molecule has 4 heterocycles. The molecule has 16 nitrogen and oxygen atoms in total. The van der Waals surface area contributed by atoms with Crippen molar-refractivity contribution in [3.63, 3.8) is 0 Å². The van der Waals surface area contributed by atoms with Crippen LogP contribution in [0.2, 0.25) is 0 Å². The van der Waals surface area contributed by atoms with Crippen LogP contribution >= 0.6 is 0 Å². The lowest BCUT2D eigenvalue weighted by Gasteiger charge is -2.47. The predicted octanol–water partition coefficient (Wildman–Crippen LogP) is 4.01. The number of carbonyl (C=O) groups is 4. The minimum Gasteiger partial charge on any atom is -0.455 e. The molecule has 0 unspecified atom stereocenters. The summed E-state index contributed by atoms with van der Waals surface area (Å²) in [5, 5.41) is 16.0. The van der Waals surface area contributed by atoms with Gasteiger partial charge in [0.05, 0.1) is 35.7 Å². The van der Waals surface area contributed by atoms with E-state index in [2.05, 4.69) is 10.1 Å². The number of Topliss-reactive ketones (excluding diaryl/α,β-unsaturated/α-hetero) is 1. The number of esters is 1. The van der Waals surface area contributed by atoms with Crippen LogP contribution in [-0.2, 0) is 42.8 Å². The molecule has 0 spiro atoms. The van der Waals surface area contributed by atoms with Crippen LogP contribution in [0.4, 0.5) is 9.18 Å². The van der Waals surface area contributed by atoms with Gasteiger partial charge in [0, 0.05) is 36.2 Å². The molecule has 3 aliphatic heterocycles. The molecule has 318 valence electrons. The van der Waals surface area contributed by atoms with E-state index in [-0.39, 0.29) is 31.1 Å². The zero-order valence-electron chi connectivity index (χ0n) is 34.7. The molecule has 0 saturated carbocycles. The summed E-state index contributed by atoms with van der Waals surface area (Å²) in [5.41, 5.74) is 0.219. The quantitative estimate of drug-likeness (QED) is 0.195. The van der Waals surface area contributed by atoms with Crippen molar-refractivity contribution >= 4 is 35.6 Å². The fraction of sp³-hybridized carbons (Fsp3) is 0.700. The number of alkyl halides is 1. The maximum absolute atomic E-state index is 16.9. The van der Waals surface area contributed by atoms with Crippen molar-refractivity contribution in [1.29, 1.82) is 0 Å². The molecule has 17 heteroatoms. The third-order valence-electron chi connectivity index (χ3n) is 11.4. The number of ether oxygens (including phenoxy) is 6. The van der Waals surface area contributed by atoms with Gasteiger partial charge in [-0.15, -0.1) is 0 Å². The van der Waals surface area contributed by atoms with Crippen LogP contribution in [0, 0.1) is 17.8 Å². The molecule has 3 fully saturated rings. The largest absolute Gasteiger partial charge is 0.509 e. The number of pyridine rings is 1. The van der Waals surface area contributed by atoms with Gasteiger partial charge in [-0.25, -0.2) is 14.0 Å². The number of aliphatic hydroxyl groups is 1. The van der Waals surface area contributed by atoms with E-state index in [1.54, 1.807) is 39.0 Å². The summed E-state index contributed by atoms with van der Waals surface area (Å²) in [4.78, 5) is 64.0. The number of hydrogen-bond acceptors (Lipinski definition) is 15. The van der Waals surface area contributed by atoms with Gasteiger partial charge in [0.2, 0.25) is 5.91 Å². The molecule has 0 aromatic carbocycles. The second-order valence-electron chi connectivity index (χ2n) is 16.2. The summed E-state index contributed by atoms with van der Waals surface area (Å²) in [6.45, 7) is 12.4. The Morgan fingerprint density at radius 1 is 1.12 bits per heavy atom. The average Bonchev–Trinajstić information content (AvgIpc) is 3.47. The van der Waals surface area contributed by atoms with E-state index in [9.17, 15) is 24.3 Å². The normalized spacial score (nSPS) is 39.0. The highest BCUT2D eigenvalue weighted by Crippen LogP contribution is 2.43. The Kier molecular flexibility index (Phi) is 14.6. The van der Waals surface area contributed by atoms with E-state index in [0.29, 0.717) is 17.7 Å². The number of ketones is 1. The average molecular weight is 807 g/mol. The maximum Gasteiger partial charge on any atom is 0.509 e. The molecule has 13 atom stereocenters. The zero-order chi connectivity index (χ0) is 42.6. The van der Waals surface area contributed by atoms with Gasteiger partial charge >= 0.3 is 12.1 Å². The molecule has 0 bridgehead atoms. The van der Waals surface area contributed by atoms with E-state index in [1.807, 2.05) is 32.8 Å². The first kappa shape index (κ1) is 45.7. The molecule has 1 aromatic rings. The van der Waals surface area contributed by atoms with Gasteiger partial charge < -0.3 is 49.0 Å². The molecule has 57 heavy (non-hydrogen) atoms. The summed E-state index contributed by atoms with van der Waals surface area (Å²) >= 11 is 0. The molecule has 3 N–H and O–H groups in total. The van der Waals surface area contributed by atoms with Crippen molar-refractivity contribution in [3.8, 4) is 0 Å². The highest BCUT2D eigenvalue weighted by molar-refractivity contribution is 6.08. The number of fused-ring (bicyclic) bond motifs is 1. The Hall–Kier alpha value is -4.03. The smallest absolute Gasteiger partial charge is 0.455 e. The molecule has 3 saturated heterocycles. The molecular weight excluding hydrogens is 747 g/mol. The minimum atomic E-state index is -3.22. The van der Waals surface area contributed by atoms with Crippen molar-refractivity contribution in [2.75, 3.05) is 27.8 Å². The number of halogens is 1. The van der Waals surface area contributed by atoms with Crippen molar-refractivity contribution in [2.45, 2.75) is 134 Å². The summed E-state index contributed by atoms with van der Waals surface area (Å²) < 4.78 is 53.4. The third-order valence-corrected chi connectivity index (χ3v) is 11.4. The first-order valence-electron chi connectivity index (χ1n) is 19.3. The number of carbonyl (C=O) groups excluding carboxylic acids is 4. The number of amides is 1. The number of hydrogen-bond donors (Lipinski definition) is 2. The van der Waals surface area contributed by atoms with Crippen LogP contribution in [-0.4, -0.2) is 132 Å². The van der Waals surface area contributed by atoms with Gasteiger partial charge in [-0.2, -0.15) is 0 Å². The van der Waals surface area contributed by atoms with Crippen molar-refractivity contribution in [3.05, 3.63) is 35.7 Å². The van der Waals surface area contributed by atoms with Gasteiger partial charge in [-0.3, -0.25) is 14.6 Å². The number of nitrogens with zero attached hydrogens (tertiary/aromatic N) is 3. The van der Waals surface area contributed by atoms with E-state index < -0.39 is 95.2 Å². The lowest BCUT2D eigenvalue weighted by molar-refractivity contribution is -0.296. The Labute approximate surface area is 333 Å². The summed E-state index contributed by atoms with van der Waals surface area (Å²) in [6, 6.07) is 1.15. The van der Waals surface area contributed by atoms with Gasteiger partial charge in [-0.1, -0.05) is 45.0 Å². The number of likely N-dealkylation sites (N-methyl/N-ethyl adjacent to an activating group) is 1. The molecule has 0 radical (unpaired) electrons. The molecular formula is C40H59FN4O12. The maximum atomic E-state index is 16.9. The van der Waals surface area contributed by atoms with Gasteiger partial charge in [0.15, 0.2) is 23.8 Å². The van der Waals surface area contributed by atoms with Crippen LogP contribution in [0.1, 0.15) is 90.6 Å². The van der Waals surface area contributed by atoms with E-state index in [4.69, 9.17) is 39.0 Å². The van der Waals surface area contributed by atoms with Gasteiger partial charge in [0.1, 0.15) is 19.3 Å². The zero-order valence-corrected chi connectivity index (χ0v) is 34.7. The lowest BCUT2D eigenvalue weighted by atomic mass is 9.73. The first-order valence-corrected chi connectivity index (χ1v) is 19.3. The number of rotatable bonds is 10. The number of nitrogens with two attached hydrogens (primary N) is 1. The highest BCUT2D eigenvalue weighted by Gasteiger charge is 2.60. The van der Waals surface area contributed by atoms with E-state index >= 15 is 4.39 Å². The number of aromatic nitrogens is 1. The van der Waals surface area contributed by atoms with Crippen LogP contribution in [0.25, 0.3) is 6.08 Å². The van der Waals surface area contributed by atoms with Crippen LogP contribution < -0.4 is 5.73 Å². The fourth-order valence-corrected chi connectivity index (χ4v) is 8.39. The Bertz CT molecular complexity index is 1690. The standard InChI is InChI=1S/C40H59FN4O12/c1-12-28-40(8)33(56-37(50)57-40)23(4)29(44-51-11)21(2)18-38(6,52-15-13-14-25-17-26(34(42)48)20-43-19-25)32(24(5)31(47)39(7,41)36(49)54-28)55-35-30(46)27(45(9)10)16-22(3)53-35/h13-14,17,19-24,27-28,30,32-33,35,46H,12,15-16,18H2,1-11H3,(H2,42,48)/b14-13+,44-29+/t21-,22-,23+,24+,27+,28-,30-,32-,33-,35+,38-,39+,40-/m1/s1. The Morgan fingerprint density at radius 3 is 2.42 bits per heavy atom. The predicted molar refractivity (Wildman–Crippen MR) is 204 cm³/mol. The molecule has 0 aliphatic carbocycles. The third kappa shape index (κ3) is 9.82. The highest BCUT2D eigenvalue weighted by atomic mass is 19.1. The Balaban J connectivity index is 1.89. The minimum absolute atomic E-state index is 0.0345. The summed E-state index contributed by atoms with van der Waals surface area (Å²) in [5.74, 6) is -6.04. The monoisotopic (exact) mass is 806 g/mol. The van der Waals surface area contributed by atoms with Gasteiger partial charge in [0.25, 0.3) is 5.67 Å². The van der Waals surface area contributed by atoms with Gasteiger partial charge in [-0.05, 0) is 72.7 Å². The topological polar surface area (TPSA) is 208 Å². The molecule has 3 aliphatic rings. The SMILES string of the molecule is CC[C@H]1OC(=O)[C@@](C)(F)C(=O)[C@H](C)[C@@H](O[C@@H]2O[C@H](C)C[C@H](N(C)C)[C@H]2O)[C@](C)(OC/C=C/c2cncc(C(N)=O)c2)C[C@@H](C)/C(=N\OC)[C@H](C)[C@H]2OC(=O)O[C@@]21C. The summed E-state index contributed by atoms with van der Waals surface area (Å²) in [7, 11) is 4.99. The fourth-order valence-electron chi connectivity index (χ4n) is 8.39. The van der Waals surface area contributed by atoms with Crippen molar-refractivity contribution < 1.29 is 61.9 Å². The number of oxime groups is 1. The first-order chi connectivity index (χ1) is 26.6. The summed E-state index contributed by atoms with van der Waals surface area (Å²) in [6.07, 6.45) is -0.849. The van der Waals surface area contributed by atoms with Crippen molar-refractivity contribution in [2.24, 2.45) is 28.6 Å². The second kappa shape index (κ2) is 18.3. The van der Waals surface area contributed by atoms with Crippen LogP contribution in [0.3, 0.4) is 0 Å². The number of aliphatic hydroxyl groups excluding tert-OH is 1. The van der Waals surface area contributed by atoms with E-state index in [1.165, 1.54) is 33.4 Å². The van der Waals surface area contributed by atoms with E-state index in [0.717, 1.165) is 6.92 Å². The Morgan fingerprint density at radius 2 is 1.81 bits per heavy atom. The molecule has 1 amide bonds. The second-order valence-corrected chi connectivity index (χ2v) is 16.2. The number of cyclic esters (lactones) is 1. The van der Waals surface area contributed by atoms with Crippen LogP contribution in [0.15, 0.2) is 29.7 Å². The molecule has 1 aromatic heterocycles. The van der Waals surface area contributed by atoms with Crippen LogP contribution in [0.5, 0.6) is 0 Å². The lowest BCUT2D eigenvalue weighted by Crippen LogP contribution is -2.61. The van der Waals surface area contributed by atoms with Crippen molar-refractivity contribution in [1.82, 2.24) is 9.88 Å².